The summed E-state index contributed by atoms with van der Waals surface area (Å²) in [7, 11) is 1.58. The topological polar surface area (TPSA) is 65.7 Å². The number of carbonyl (C=O) groups excluding carboxylic acids is 2. The number of esters is 1. The van der Waals surface area contributed by atoms with Crippen molar-refractivity contribution < 1.29 is 23.5 Å². The first kappa shape index (κ1) is 21.1. The van der Waals surface area contributed by atoms with Crippen LogP contribution < -0.4 is 4.74 Å². The largest absolute Gasteiger partial charge is 0.497 e. The lowest BCUT2D eigenvalue weighted by Gasteiger charge is -2.07. The summed E-state index contributed by atoms with van der Waals surface area (Å²) in [5.41, 5.74) is 2.08. The van der Waals surface area contributed by atoms with Crippen LogP contribution in [0.4, 0.5) is 0 Å². The molecule has 0 saturated heterocycles. The van der Waals surface area contributed by atoms with E-state index in [-0.39, 0.29) is 23.5 Å². The summed E-state index contributed by atoms with van der Waals surface area (Å²) in [4.78, 5) is 26.7. The highest BCUT2D eigenvalue weighted by Gasteiger charge is 2.32. The fourth-order valence-corrected chi connectivity index (χ4v) is 3.52. The van der Waals surface area contributed by atoms with E-state index in [1.807, 2.05) is 36.4 Å². The summed E-state index contributed by atoms with van der Waals surface area (Å²) in [5.74, 6) is 0.363. The van der Waals surface area contributed by atoms with E-state index in [9.17, 15) is 9.59 Å². The molecule has 0 aliphatic heterocycles. The van der Waals surface area contributed by atoms with E-state index in [4.69, 9.17) is 13.9 Å². The predicted molar refractivity (Wildman–Crippen MR) is 122 cm³/mol. The zero-order valence-electron chi connectivity index (χ0n) is 17.8. The van der Waals surface area contributed by atoms with Crippen molar-refractivity contribution in [2.75, 3.05) is 13.7 Å². The quantitative estimate of drug-likeness (QED) is 0.267. The molecule has 1 aromatic heterocycles. The number of benzene rings is 3. The maximum absolute atomic E-state index is 13.6. The molecule has 0 N–H and O–H groups in total. The van der Waals surface area contributed by atoms with Gasteiger partial charge in [-0.2, -0.15) is 0 Å². The van der Waals surface area contributed by atoms with Crippen LogP contribution in [0.1, 0.15) is 33.2 Å². The van der Waals surface area contributed by atoms with E-state index in [0.29, 0.717) is 34.0 Å². The number of ether oxygens (including phenoxy) is 2. The zero-order valence-corrected chi connectivity index (χ0v) is 17.8. The number of rotatable bonds is 7. The second-order valence-electron chi connectivity index (χ2n) is 7.02. The monoisotopic (exact) mass is 426 g/mol. The van der Waals surface area contributed by atoms with Crippen molar-refractivity contribution in [3.8, 4) is 28.4 Å². The molecule has 4 rings (SSSR count). The molecule has 0 aliphatic rings. The van der Waals surface area contributed by atoms with Gasteiger partial charge in [-0.25, -0.2) is 4.79 Å². The van der Waals surface area contributed by atoms with E-state index < -0.39 is 5.97 Å². The van der Waals surface area contributed by atoms with Crippen molar-refractivity contribution in [1.29, 1.82) is 0 Å². The van der Waals surface area contributed by atoms with Gasteiger partial charge in [0.2, 0.25) is 0 Å². The molecule has 0 unspecified atom stereocenters. The Hall–Kier alpha value is -4.12. The molecular formula is C27H22O5. The first-order valence-electron chi connectivity index (χ1n) is 10.3. The van der Waals surface area contributed by atoms with Crippen LogP contribution >= 0.6 is 0 Å². The molecule has 0 spiro atoms. The smallest absolute Gasteiger partial charge is 0.342 e. The van der Waals surface area contributed by atoms with Gasteiger partial charge >= 0.3 is 5.97 Å². The molecule has 32 heavy (non-hydrogen) atoms. The highest BCUT2D eigenvalue weighted by atomic mass is 16.5. The van der Waals surface area contributed by atoms with Gasteiger partial charge in [0.25, 0.3) is 0 Å². The fraction of sp³-hybridized carbons (Fsp3) is 0.111. The second kappa shape index (κ2) is 9.35. The molecule has 0 radical (unpaired) electrons. The Labute approximate surface area is 186 Å². The lowest BCUT2D eigenvalue weighted by Crippen LogP contribution is -2.12. The van der Waals surface area contributed by atoms with E-state index in [1.54, 1.807) is 62.6 Å². The van der Waals surface area contributed by atoms with Crippen molar-refractivity contribution in [2.24, 2.45) is 0 Å². The van der Waals surface area contributed by atoms with Gasteiger partial charge in [-0.15, -0.1) is 0 Å². The van der Waals surface area contributed by atoms with Gasteiger partial charge in [0.15, 0.2) is 5.78 Å². The zero-order chi connectivity index (χ0) is 22.5. The average molecular weight is 426 g/mol. The maximum Gasteiger partial charge on any atom is 0.342 e. The average Bonchev–Trinajstić information content (AvgIpc) is 3.25. The number of hydrogen-bond donors (Lipinski definition) is 0. The highest BCUT2D eigenvalue weighted by Crippen LogP contribution is 2.39. The van der Waals surface area contributed by atoms with Gasteiger partial charge in [-0.05, 0) is 31.2 Å². The number of carbonyl (C=O) groups is 2. The standard InChI is InChI=1S/C27H22O5/c1-3-31-27(29)23-22(24(28)18-10-6-4-7-11-18)25(20-14-16-21(30-2)17-15-20)32-26(23)19-12-8-5-9-13-19/h4-17H,3H2,1-2H3. The number of methoxy groups -OCH3 is 1. The van der Waals surface area contributed by atoms with Crippen molar-refractivity contribution in [3.63, 3.8) is 0 Å². The van der Waals surface area contributed by atoms with Gasteiger partial charge in [0.05, 0.1) is 19.3 Å². The van der Waals surface area contributed by atoms with Crippen LogP contribution in [0.2, 0.25) is 0 Å². The first-order valence-corrected chi connectivity index (χ1v) is 10.3. The van der Waals surface area contributed by atoms with Crippen molar-refractivity contribution in [3.05, 3.63) is 102 Å². The molecule has 0 amide bonds. The second-order valence-corrected chi connectivity index (χ2v) is 7.02. The lowest BCUT2D eigenvalue weighted by atomic mass is 9.95. The van der Waals surface area contributed by atoms with Gasteiger partial charge < -0.3 is 13.9 Å². The SMILES string of the molecule is CCOC(=O)c1c(-c2ccccc2)oc(-c2ccc(OC)cc2)c1C(=O)c1ccccc1. The van der Waals surface area contributed by atoms with Gasteiger partial charge in [-0.3, -0.25) is 4.79 Å². The third-order valence-corrected chi connectivity index (χ3v) is 5.04. The summed E-state index contributed by atoms with van der Waals surface area (Å²) in [5, 5.41) is 0. The Bertz CT molecular complexity index is 1220. The minimum atomic E-state index is -0.603. The number of furan rings is 1. The lowest BCUT2D eigenvalue weighted by molar-refractivity contribution is 0.0524. The van der Waals surface area contributed by atoms with Gasteiger partial charge in [-0.1, -0.05) is 60.7 Å². The van der Waals surface area contributed by atoms with Crippen LogP contribution in [0.5, 0.6) is 5.75 Å². The molecule has 0 atom stereocenters. The molecule has 0 bridgehead atoms. The first-order chi connectivity index (χ1) is 15.6. The van der Waals surface area contributed by atoms with E-state index >= 15 is 0 Å². The van der Waals surface area contributed by atoms with Crippen LogP contribution in [0.15, 0.2) is 89.3 Å². The molecule has 0 saturated carbocycles. The molecular weight excluding hydrogens is 404 g/mol. The molecule has 0 fully saturated rings. The maximum atomic E-state index is 13.6. The highest BCUT2D eigenvalue weighted by molar-refractivity contribution is 6.19. The third kappa shape index (κ3) is 4.05. The van der Waals surface area contributed by atoms with Crippen LogP contribution in [0, 0.1) is 0 Å². The molecule has 1 heterocycles. The van der Waals surface area contributed by atoms with Gasteiger partial charge in [0.1, 0.15) is 22.8 Å². The minimum Gasteiger partial charge on any atom is -0.497 e. The summed E-state index contributed by atoms with van der Waals surface area (Å²) >= 11 is 0. The normalized spacial score (nSPS) is 10.6. The van der Waals surface area contributed by atoms with Crippen LogP contribution in [-0.4, -0.2) is 25.5 Å². The predicted octanol–water partition coefficient (Wildman–Crippen LogP) is 6.03. The number of ketones is 1. The minimum absolute atomic E-state index is 0.123. The Morgan fingerprint density at radius 1 is 0.750 bits per heavy atom. The van der Waals surface area contributed by atoms with Crippen LogP contribution in [0.3, 0.4) is 0 Å². The van der Waals surface area contributed by atoms with Crippen molar-refractivity contribution in [1.82, 2.24) is 0 Å². The Balaban J connectivity index is 2.01. The van der Waals surface area contributed by atoms with Gasteiger partial charge in [0, 0.05) is 16.7 Å². The Kier molecular flexibility index (Phi) is 6.17. The third-order valence-electron chi connectivity index (χ3n) is 5.04. The molecule has 4 aromatic rings. The molecule has 5 nitrogen and oxygen atoms in total. The molecule has 160 valence electrons. The van der Waals surface area contributed by atoms with Crippen molar-refractivity contribution in [2.45, 2.75) is 6.92 Å². The van der Waals surface area contributed by atoms with Crippen LogP contribution in [0.25, 0.3) is 22.6 Å². The molecule has 3 aromatic carbocycles. The Morgan fingerprint density at radius 3 is 1.91 bits per heavy atom. The van der Waals surface area contributed by atoms with Crippen molar-refractivity contribution >= 4 is 11.8 Å². The van der Waals surface area contributed by atoms with Crippen LogP contribution in [-0.2, 0) is 4.74 Å². The Morgan fingerprint density at radius 2 is 1.31 bits per heavy atom. The summed E-state index contributed by atoms with van der Waals surface area (Å²) in [6.45, 7) is 1.90. The van der Waals surface area contributed by atoms with E-state index in [1.165, 1.54) is 0 Å². The summed E-state index contributed by atoms with van der Waals surface area (Å²) in [6, 6.07) is 25.2. The van der Waals surface area contributed by atoms with E-state index in [0.717, 1.165) is 0 Å². The molecule has 0 aliphatic carbocycles. The molecule has 5 heteroatoms. The van der Waals surface area contributed by atoms with E-state index in [2.05, 4.69) is 0 Å². The summed E-state index contributed by atoms with van der Waals surface area (Å²) < 4.78 is 16.8. The number of hydrogen-bond acceptors (Lipinski definition) is 5. The summed E-state index contributed by atoms with van der Waals surface area (Å²) in [6.07, 6.45) is 0. The fourth-order valence-electron chi connectivity index (χ4n) is 3.52.